The molecule has 1 aliphatic carbocycles. The van der Waals surface area contributed by atoms with Gasteiger partial charge in [0, 0.05) is 6.07 Å². The molecular formula is C18H20FNO. The Morgan fingerprint density at radius 1 is 1.14 bits per heavy atom. The molecule has 3 rings (SSSR count). The third kappa shape index (κ3) is 3.02. The summed E-state index contributed by atoms with van der Waals surface area (Å²) in [7, 11) is 1.57. The molecule has 0 radical (unpaired) electrons. The summed E-state index contributed by atoms with van der Waals surface area (Å²) in [6.07, 6.45) is 4.62. The summed E-state index contributed by atoms with van der Waals surface area (Å²) in [5.74, 6) is 0.274. The number of hydrogen-bond acceptors (Lipinski definition) is 2. The lowest BCUT2D eigenvalue weighted by molar-refractivity contribution is 0.412. The Morgan fingerprint density at radius 3 is 2.86 bits per heavy atom. The van der Waals surface area contributed by atoms with E-state index in [1.807, 2.05) is 0 Å². The van der Waals surface area contributed by atoms with Crippen LogP contribution in [0, 0.1) is 5.82 Å². The van der Waals surface area contributed by atoms with Crippen LogP contribution in [0.1, 0.15) is 36.4 Å². The number of methoxy groups -OCH3 is 1. The van der Waals surface area contributed by atoms with Crippen LogP contribution >= 0.6 is 0 Å². The minimum Gasteiger partial charge on any atom is -0.494 e. The van der Waals surface area contributed by atoms with Crippen molar-refractivity contribution >= 4 is 5.69 Å². The third-order valence-corrected chi connectivity index (χ3v) is 4.11. The van der Waals surface area contributed by atoms with Crippen LogP contribution < -0.4 is 10.1 Å². The number of benzene rings is 2. The van der Waals surface area contributed by atoms with Crippen LogP contribution in [0.4, 0.5) is 10.1 Å². The lowest BCUT2D eigenvalue weighted by atomic mass is 9.99. The van der Waals surface area contributed by atoms with Crippen LogP contribution in [0.25, 0.3) is 0 Å². The largest absolute Gasteiger partial charge is 0.494 e. The van der Waals surface area contributed by atoms with E-state index in [-0.39, 0.29) is 11.9 Å². The number of aryl methyl sites for hydroxylation is 1. The summed E-state index contributed by atoms with van der Waals surface area (Å²) in [4.78, 5) is 0. The molecule has 0 heterocycles. The highest BCUT2D eigenvalue weighted by molar-refractivity contribution is 5.58. The van der Waals surface area contributed by atoms with E-state index in [0.29, 0.717) is 5.75 Å². The van der Waals surface area contributed by atoms with Crippen molar-refractivity contribution in [2.45, 2.75) is 31.7 Å². The van der Waals surface area contributed by atoms with E-state index in [9.17, 15) is 4.39 Å². The van der Waals surface area contributed by atoms with Crippen molar-refractivity contribution in [3.05, 3.63) is 59.4 Å². The Kier molecular flexibility index (Phi) is 4.09. The highest BCUT2D eigenvalue weighted by atomic mass is 19.1. The van der Waals surface area contributed by atoms with Gasteiger partial charge in [-0.05, 0) is 42.5 Å². The number of nitrogens with one attached hydrogen (secondary N) is 1. The van der Waals surface area contributed by atoms with Gasteiger partial charge in [0.25, 0.3) is 0 Å². The molecule has 2 aromatic rings. The zero-order valence-electron chi connectivity index (χ0n) is 12.2. The van der Waals surface area contributed by atoms with Gasteiger partial charge in [0.2, 0.25) is 0 Å². The molecule has 21 heavy (non-hydrogen) atoms. The summed E-state index contributed by atoms with van der Waals surface area (Å²) in [6, 6.07) is 13.5. The molecule has 0 fully saturated rings. The van der Waals surface area contributed by atoms with Crippen molar-refractivity contribution in [3.63, 3.8) is 0 Å². The highest BCUT2D eigenvalue weighted by Gasteiger charge is 2.19. The van der Waals surface area contributed by atoms with E-state index in [0.717, 1.165) is 18.5 Å². The Hall–Kier alpha value is -2.03. The molecule has 1 aliphatic rings. The van der Waals surface area contributed by atoms with Gasteiger partial charge in [0.05, 0.1) is 18.8 Å². The monoisotopic (exact) mass is 285 g/mol. The molecule has 0 aliphatic heterocycles. The quantitative estimate of drug-likeness (QED) is 0.824. The van der Waals surface area contributed by atoms with E-state index >= 15 is 0 Å². The normalized spacial score (nSPS) is 17.7. The summed E-state index contributed by atoms with van der Waals surface area (Å²) >= 11 is 0. The maximum absolute atomic E-state index is 13.3. The highest BCUT2D eigenvalue weighted by Crippen LogP contribution is 2.34. The summed E-state index contributed by atoms with van der Waals surface area (Å²) < 4.78 is 18.6. The zero-order chi connectivity index (χ0) is 14.7. The van der Waals surface area contributed by atoms with Gasteiger partial charge in [0.15, 0.2) is 0 Å². The first-order valence-electron chi connectivity index (χ1n) is 7.46. The maximum atomic E-state index is 13.3. The second kappa shape index (κ2) is 6.17. The van der Waals surface area contributed by atoms with Crippen molar-refractivity contribution < 1.29 is 9.13 Å². The van der Waals surface area contributed by atoms with Gasteiger partial charge in [0.1, 0.15) is 11.6 Å². The van der Waals surface area contributed by atoms with Gasteiger partial charge in [-0.3, -0.25) is 0 Å². The number of hydrogen-bond donors (Lipinski definition) is 1. The van der Waals surface area contributed by atoms with E-state index in [4.69, 9.17) is 4.74 Å². The van der Waals surface area contributed by atoms with E-state index in [1.54, 1.807) is 13.2 Å². The second-order valence-corrected chi connectivity index (χ2v) is 5.49. The lowest BCUT2D eigenvalue weighted by Crippen LogP contribution is -2.12. The Balaban J connectivity index is 1.91. The number of fused-ring (bicyclic) bond motifs is 1. The molecule has 3 heteroatoms. The second-order valence-electron chi connectivity index (χ2n) is 5.49. The van der Waals surface area contributed by atoms with Crippen molar-refractivity contribution in [1.29, 1.82) is 0 Å². The lowest BCUT2D eigenvalue weighted by Gasteiger charge is -2.22. The minimum absolute atomic E-state index is 0.253. The van der Waals surface area contributed by atoms with E-state index < -0.39 is 0 Å². The average Bonchev–Trinajstić information content (AvgIpc) is 2.71. The molecule has 0 saturated heterocycles. The molecule has 2 nitrogen and oxygen atoms in total. The molecule has 110 valence electrons. The van der Waals surface area contributed by atoms with Crippen LogP contribution in [-0.2, 0) is 6.42 Å². The van der Waals surface area contributed by atoms with Gasteiger partial charge >= 0.3 is 0 Å². The SMILES string of the molecule is COc1cc(F)ccc1NC1CCCCc2ccccc21. The predicted molar refractivity (Wildman–Crippen MR) is 83.3 cm³/mol. The fourth-order valence-corrected chi connectivity index (χ4v) is 3.04. The first-order chi connectivity index (χ1) is 10.3. The Morgan fingerprint density at radius 2 is 2.00 bits per heavy atom. The molecule has 0 bridgehead atoms. The fraction of sp³-hybridized carbons (Fsp3) is 0.333. The predicted octanol–water partition coefficient (Wildman–Crippen LogP) is 4.71. The van der Waals surface area contributed by atoms with Gasteiger partial charge in [-0.25, -0.2) is 4.39 Å². The minimum atomic E-state index is -0.279. The van der Waals surface area contributed by atoms with Crippen LogP contribution in [0.5, 0.6) is 5.75 Å². The van der Waals surface area contributed by atoms with E-state index in [1.165, 1.54) is 36.1 Å². The van der Waals surface area contributed by atoms with Crippen LogP contribution in [0.3, 0.4) is 0 Å². The molecule has 0 aromatic heterocycles. The topological polar surface area (TPSA) is 21.3 Å². The molecule has 0 saturated carbocycles. The Bertz CT molecular complexity index is 626. The number of anilines is 1. The molecule has 1 N–H and O–H groups in total. The molecule has 2 aromatic carbocycles. The fourth-order valence-electron chi connectivity index (χ4n) is 3.04. The van der Waals surface area contributed by atoms with Gasteiger partial charge in [-0.1, -0.05) is 30.7 Å². The number of ether oxygens (including phenoxy) is 1. The van der Waals surface area contributed by atoms with Crippen molar-refractivity contribution in [1.82, 2.24) is 0 Å². The molecule has 0 amide bonds. The van der Waals surface area contributed by atoms with Crippen LogP contribution in [0.2, 0.25) is 0 Å². The summed E-state index contributed by atoms with van der Waals surface area (Å²) in [5, 5.41) is 3.53. The maximum Gasteiger partial charge on any atom is 0.144 e. The number of rotatable bonds is 3. The zero-order valence-corrected chi connectivity index (χ0v) is 12.2. The summed E-state index contributed by atoms with van der Waals surface area (Å²) in [6.45, 7) is 0. The first kappa shape index (κ1) is 13.9. The molecule has 1 atom stereocenters. The Labute approximate surface area is 125 Å². The average molecular weight is 285 g/mol. The van der Waals surface area contributed by atoms with Crippen molar-refractivity contribution in [3.8, 4) is 5.75 Å². The van der Waals surface area contributed by atoms with Gasteiger partial charge < -0.3 is 10.1 Å². The van der Waals surface area contributed by atoms with Crippen molar-refractivity contribution in [2.24, 2.45) is 0 Å². The molecular weight excluding hydrogens is 265 g/mol. The molecule has 1 unspecified atom stereocenters. The van der Waals surface area contributed by atoms with Gasteiger partial charge in [-0.15, -0.1) is 0 Å². The third-order valence-electron chi connectivity index (χ3n) is 4.11. The van der Waals surface area contributed by atoms with Crippen molar-refractivity contribution in [2.75, 3.05) is 12.4 Å². The van der Waals surface area contributed by atoms with Gasteiger partial charge in [-0.2, -0.15) is 0 Å². The van der Waals surface area contributed by atoms with Crippen LogP contribution in [0.15, 0.2) is 42.5 Å². The smallest absolute Gasteiger partial charge is 0.144 e. The first-order valence-corrected chi connectivity index (χ1v) is 7.46. The standard InChI is InChI=1S/C18H20FNO/c1-21-18-12-14(19)10-11-17(18)20-16-9-5-3-7-13-6-2-4-8-15(13)16/h2,4,6,8,10-12,16,20H,3,5,7,9H2,1H3. The number of halogens is 1. The summed E-state index contributed by atoms with van der Waals surface area (Å²) in [5.41, 5.74) is 3.61. The van der Waals surface area contributed by atoms with E-state index in [2.05, 4.69) is 29.6 Å². The van der Waals surface area contributed by atoms with Crippen LogP contribution in [-0.4, -0.2) is 7.11 Å². The molecule has 0 spiro atoms.